The van der Waals surface area contributed by atoms with Gasteiger partial charge >= 0.3 is 0 Å². The molecule has 0 heterocycles. The van der Waals surface area contributed by atoms with Gasteiger partial charge in [0.25, 0.3) is 0 Å². The molecule has 78 valence electrons. The van der Waals surface area contributed by atoms with Gasteiger partial charge in [0, 0.05) is 12.6 Å². The second-order valence-corrected chi connectivity index (χ2v) is 3.52. The van der Waals surface area contributed by atoms with E-state index in [2.05, 4.69) is 0 Å². The first-order valence-electron chi connectivity index (χ1n) is 4.71. The molecule has 0 saturated carbocycles. The number of rotatable bonds is 3. The van der Waals surface area contributed by atoms with E-state index in [1.165, 1.54) is 0 Å². The minimum absolute atomic E-state index is 0.0825. The summed E-state index contributed by atoms with van der Waals surface area (Å²) in [6.07, 6.45) is 0. The van der Waals surface area contributed by atoms with Gasteiger partial charge in [0.2, 0.25) is 0 Å². The van der Waals surface area contributed by atoms with Gasteiger partial charge in [-0.1, -0.05) is 0 Å². The van der Waals surface area contributed by atoms with Gasteiger partial charge < -0.3 is 16.2 Å². The lowest BCUT2D eigenvalue weighted by atomic mass is 9.96. The molecule has 0 radical (unpaired) electrons. The zero-order chi connectivity index (χ0) is 10.7. The van der Waals surface area contributed by atoms with Crippen molar-refractivity contribution in [2.45, 2.75) is 19.9 Å². The van der Waals surface area contributed by atoms with Gasteiger partial charge in [-0.2, -0.15) is 0 Å². The molecule has 0 aliphatic carbocycles. The number of benzene rings is 1. The number of nitrogens with two attached hydrogens (primary N) is 2. The largest absolute Gasteiger partial charge is 0.497 e. The predicted molar refractivity (Wildman–Crippen MR) is 58.5 cm³/mol. The Morgan fingerprint density at radius 1 is 1.29 bits per heavy atom. The number of hydrogen-bond donors (Lipinski definition) is 2. The van der Waals surface area contributed by atoms with Crippen molar-refractivity contribution in [2.75, 3.05) is 13.7 Å². The summed E-state index contributed by atoms with van der Waals surface area (Å²) in [4.78, 5) is 0. The Morgan fingerprint density at radius 2 is 1.79 bits per heavy atom. The second-order valence-electron chi connectivity index (χ2n) is 3.52. The Morgan fingerprint density at radius 3 is 2.14 bits per heavy atom. The van der Waals surface area contributed by atoms with Crippen LogP contribution in [0.25, 0.3) is 0 Å². The molecular weight excluding hydrogens is 176 g/mol. The molecule has 1 atom stereocenters. The van der Waals surface area contributed by atoms with E-state index in [1.807, 2.05) is 26.0 Å². The highest BCUT2D eigenvalue weighted by molar-refractivity contribution is 5.42. The van der Waals surface area contributed by atoms with Gasteiger partial charge in [-0.3, -0.25) is 0 Å². The fourth-order valence-corrected chi connectivity index (χ4v) is 1.76. The normalized spacial score (nSPS) is 12.6. The lowest BCUT2D eigenvalue weighted by Gasteiger charge is -2.16. The van der Waals surface area contributed by atoms with E-state index in [-0.39, 0.29) is 6.04 Å². The molecule has 3 heteroatoms. The van der Waals surface area contributed by atoms with Crippen molar-refractivity contribution < 1.29 is 4.74 Å². The molecule has 0 fully saturated rings. The van der Waals surface area contributed by atoms with E-state index in [4.69, 9.17) is 16.2 Å². The van der Waals surface area contributed by atoms with Gasteiger partial charge in [0.1, 0.15) is 5.75 Å². The van der Waals surface area contributed by atoms with E-state index < -0.39 is 0 Å². The number of ether oxygens (including phenoxy) is 1. The van der Waals surface area contributed by atoms with E-state index in [0.29, 0.717) is 6.54 Å². The summed E-state index contributed by atoms with van der Waals surface area (Å²) in [5.41, 5.74) is 14.9. The van der Waals surface area contributed by atoms with Gasteiger partial charge in [-0.05, 0) is 42.7 Å². The van der Waals surface area contributed by atoms with Crippen molar-refractivity contribution >= 4 is 0 Å². The molecular formula is C11H18N2O. The zero-order valence-electron chi connectivity index (χ0n) is 9.00. The van der Waals surface area contributed by atoms with Crippen LogP contribution in [0.15, 0.2) is 12.1 Å². The molecule has 0 aromatic heterocycles. The van der Waals surface area contributed by atoms with Crippen LogP contribution in [0.1, 0.15) is 22.7 Å². The minimum atomic E-state index is -0.0825. The van der Waals surface area contributed by atoms with Crippen LogP contribution < -0.4 is 16.2 Å². The first kappa shape index (κ1) is 11.0. The molecule has 1 aromatic carbocycles. The van der Waals surface area contributed by atoms with E-state index in [0.717, 1.165) is 22.4 Å². The summed E-state index contributed by atoms with van der Waals surface area (Å²) >= 11 is 0. The fraction of sp³-hybridized carbons (Fsp3) is 0.455. The summed E-state index contributed by atoms with van der Waals surface area (Å²) in [7, 11) is 1.66. The maximum atomic E-state index is 5.92. The molecule has 0 spiro atoms. The lowest BCUT2D eigenvalue weighted by molar-refractivity contribution is 0.413. The number of methoxy groups -OCH3 is 1. The lowest BCUT2D eigenvalue weighted by Crippen LogP contribution is -2.22. The second kappa shape index (κ2) is 4.44. The van der Waals surface area contributed by atoms with Gasteiger partial charge in [-0.25, -0.2) is 0 Å². The van der Waals surface area contributed by atoms with Crippen molar-refractivity contribution in [3.05, 3.63) is 28.8 Å². The molecule has 0 aliphatic heterocycles. The molecule has 0 bridgehead atoms. The summed E-state index contributed by atoms with van der Waals surface area (Å²) < 4.78 is 5.17. The van der Waals surface area contributed by atoms with Crippen LogP contribution in [0, 0.1) is 13.8 Å². The van der Waals surface area contributed by atoms with Crippen molar-refractivity contribution in [1.82, 2.24) is 0 Å². The summed E-state index contributed by atoms with van der Waals surface area (Å²) in [6.45, 7) is 4.52. The van der Waals surface area contributed by atoms with Crippen LogP contribution in [0.3, 0.4) is 0 Å². The Kier molecular flexibility index (Phi) is 3.49. The molecule has 3 nitrogen and oxygen atoms in total. The standard InChI is InChI=1S/C11H18N2O/c1-7-4-9(14-3)5-8(2)11(7)10(13)6-12/h4-5,10H,6,12-13H2,1-3H3. The smallest absolute Gasteiger partial charge is 0.119 e. The summed E-state index contributed by atoms with van der Waals surface area (Å²) in [5.74, 6) is 0.868. The SMILES string of the molecule is COc1cc(C)c(C(N)CN)c(C)c1. The number of hydrogen-bond acceptors (Lipinski definition) is 3. The minimum Gasteiger partial charge on any atom is -0.497 e. The van der Waals surface area contributed by atoms with Gasteiger partial charge in [0.05, 0.1) is 7.11 Å². The van der Waals surface area contributed by atoms with Crippen LogP contribution in [-0.2, 0) is 0 Å². The maximum absolute atomic E-state index is 5.92. The van der Waals surface area contributed by atoms with Crippen LogP contribution >= 0.6 is 0 Å². The summed E-state index contributed by atoms with van der Waals surface area (Å²) in [5, 5.41) is 0. The maximum Gasteiger partial charge on any atom is 0.119 e. The Labute approximate surface area is 85.0 Å². The molecule has 0 saturated heterocycles. The molecule has 1 aromatic rings. The van der Waals surface area contributed by atoms with Crippen LogP contribution in [0.5, 0.6) is 5.75 Å². The van der Waals surface area contributed by atoms with Crippen LogP contribution in [0.4, 0.5) is 0 Å². The number of aryl methyl sites for hydroxylation is 2. The molecule has 4 N–H and O–H groups in total. The van der Waals surface area contributed by atoms with Crippen molar-refractivity contribution in [3.63, 3.8) is 0 Å². The topological polar surface area (TPSA) is 61.3 Å². The quantitative estimate of drug-likeness (QED) is 0.761. The van der Waals surface area contributed by atoms with Crippen LogP contribution in [-0.4, -0.2) is 13.7 Å². The summed E-state index contributed by atoms with van der Waals surface area (Å²) in [6, 6.07) is 3.89. The van der Waals surface area contributed by atoms with Gasteiger partial charge in [-0.15, -0.1) is 0 Å². The third-order valence-corrected chi connectivity index (χ3v) is 2.43. The third kappa shape index (κ3) is 2.05. The monoisotopic (exact) mass is 194 g/mol. The Bertz CT molecular complexity index is 300. The fourth-order valence-electron chi connectivity index (χ4n) is 1.76. The first-order valence-corrected chi connectivity index (χ1v) is 4.71. The molecule has 0 aliphatic rings. The highest BCUT2D eigenvalue weighted by Crippen LogP contribution is 2.25. The van der Waals surface area contributed by atoms with E-state index in [1.54, 1.807) is 7.11 Å². The van der Waals surface area contributed by atoms with Crippen molar-refractivity contribution in [1.29, 1.82) is 0 Å². The Balaban J connectivity index is 3.18. The average Bonchev–Trinajstić information content (AvgIpc) is 2.16. The van der Waals surface area contributed by atoms with Crippen molar-refractivity contribution in [3.8, 4) is 5.75 Å². The van der Waals surface area contributed by atoms with E-state index >= 15 is 0 Å². The zero-order valence-corrected chi connectivity index (χ0v) is 9.00. The van der Waals surface area contributed by atoms with Gasteiger partial charge in [0.15, 0.2) is 0 Å². The molecule has 1 unspecified atom stereocenters. The Hall–Kier alpha value is -1.06. The predicted octanol–water partition coefficient (Wildman–Crippen LogP) is 1.27. The highest BCUT2D eigenvalue weighted by Gasteiger charge is 2.11. The molecule has 1 rings (SSSR count). The third-order valence-electron chi connectivity index (χ3n) is 2.43. The van der Waals surface area contributed by atoms with Crippen molar-refractivity contribution in [2.24, 2.45) is 11.5 Å². The van der Waals surface area contributed by atoms with E-state index in [9.17, 15) is 0 Å². The first-order chi connectivity index (χ1) is 6.60. The molecule has 14 heavy (non-hydrogen) atoms. The molecule has 0 amide bonds. The average molecular weight is 194 g/mol. The van der Waals surface area contributed by atoms with Crippen LogP contribution in [0.2, 0.25) is 0 Å². The highest BCUT2D eigenvalue weighted by atomic mass is 16.5.